The molecule has 24 heavy (non-hydrogen) atoms. The van der Waals surface area contributed by atoms with Crippen LogP contribution < -0.4 is 4.90 Å². The number of alkyl halides is 2. The van der Waals surface area contributed by atoms with Crippen LogP contribution >= 0.6 is 0 Å². The van der Waals surface area contributed by atoms with Gasteiger partial charge in [-0.3, -0.25) is 4.68 Å². The number of hydrogen-bond donors (Lipinski definition) is 0. The molecule has 0 saturated carbocycles. The summed E-state index contributed by atoms with van der Waals surface area (Å²) in [6.45, 7) is 7.58. The summed E-state index contributed by atoms with van der Waals surface area (Å²) in [5, 5.41) is 4.35. The van der Waals surface area contributed by atoms with Gasteiger partial charge in [-0.05, 0) is 23.0 Å². The average molecular weight is 333 g/mol. The Kier molecular flexibility index (Phi) is 4.37. The number of aromatic nitrogens is 2. The lowest BCUT2D eigenvalue weighted by molar-refractivity contribution is 0.0257. The first-order chi connectivity index (χ1) is 11.2. The molecular weight excluding hydrogens is 308 g/mol. The second kappa shape index (κ2) is 6.19. The number of halogens is 2. The molecule has 3 rings (SSSR count). The molecule has 1 aliphatic heterocycles. The summed E-state index contributed by atoms with van der Waals surface area (Å²) in [6.07, 6.45) is 4.38. The summed E-state index contributed by atoms with van der Waals surface area (Å²) >= 11 is 0. The van der Waals surface area contributed by atoms with Crippen molar-refractivity contribution < 1.29 is 8.78 Å². The molecule has 0 unspecified atom stereocenters. The van der Waals surface area contributed by atoms with Gasteiger partial charge in [-0.15, -0.1) is 0 Å². The third kappa shape index (κ3) is 3.77. The van der Waals surface area contributed by atoms with Crippen LogP contribution in [0, 0.1) is 0 Å². The minimum absolute atomic E-state index is 0.0723. The fourth-order valence-electron chi connectivity index (χ4n) is 3.30. The number of nitrogens with zero attached hydrogens (tertiary/aromatic N) is 3. The van der Waals surface area contributed by atoms with Crippen LogP contribution in [0.15, 0.2) is 36.7 Å². The quantitative estimate of drug-likeness (QED) is 0.833. The van der Waals surface area contributed by atoms with E-state index in [0.29, 0.717) is 6.54 Å². The van der Waals surface area contributed by atoms with Gasteiger partial charge in [0.2, 0.25) is 0 Å². The molecule has 130 valence electrons. The van der Waals surface area contributed by atoms with Gasteiger partial charge in [0.15, 0.2) is 0 Å². The first-order valence-electron chi connectivity index (χ1n) is 8.48. The number of benzene rings is 1. The number of aryl methyl sites for hydroxylation is 2. The molecule has 3 nitrogen and oxygen atoms in total. The molecule has 0 atom stereocenters. The highest BCUT2D eigenvalue weighted by Crippen LogP contribution is 2.30. The standard InChI is InChI=1S/C19H25F2N3/c1-18(2,3)17-7-5-4-6-15(17)8-10-24-13-16(12-22-24)23-11-9-19(20,21)14-23/h4-7,12-13H,8-11,14H2,1-3H3. The molecule has 5 heteroatoms. The van der Waals surface area contributed by atoms with Crippen LogP contribution in [0.5, 0.6) is 0 Å². The monoisotopic (exact) mass is 333 g/mol. The maximum atomic E-state index is 13.3. The Hall–Kier alpha value is -1.91. The molecule has 0 aliphatic carbocycles. The lowest BCUT2D eigenvalue weighted by Gasteiger charge is -2.23. The van der Waals surface area contributed by atoms with Crippen LogP contribution in [-0.4, -0.2) is 28.8 Å². The van der Waals surface area contributed by atoms with E-state index < -0.39 is 5.92 Å². The highest BCUT2D eigenvalue weighted by Gasteiger charge is 2.38. The van der Waals surface area contributed by atoms with Crippen LogP contribution in [0.3, 0.4) is 0 Å². The molecule has 1 aromatic carbocycles. The number of rotatable bonds is 4. The van der Waals surface area contributed by atoms with Gasteiger partial charge in [-0.25, -0.2) is 8.78 Å². The largest absolute Gasteiger partial charge is 0.363 e. The zero-order valence-electron chi connectivity index (χ0n) is 14.6. The second-order valence-electron chi connectivity index (χ2n) is 7.65. The Bertz CT molecular complexity index is 701. The van der Waals surface area contributed by atoms with Crippen LogP contribution in [-0.2, 0) is 18.4 Å². The van der Waals surface area contributed by atoms with Crippen LogP contribution in [0.1, 0.15) is 38.3 Å². The Labute approximate surface area is 142 Å². The van der Waals surface area contributed by atoms with Gasteiger partial charge in [0.05, 0.1) is 18.4 Å². The third-order valence-electron chi connectivity index (χ3n) is 4.59. The van der Waals surface area contributed by atoms with Crippen molar-refractivity contribution >= 4 is 5.69 Å². The zero-order chi connectivity index (χ0) is 17.4. The summed E-state index contributed by atoms with van der Waals surface area (Å²) in [6, 6.07) is 8.47. The van der Waals surface area contributed by atoms with E-state index in [1.54, 1.807) is 11.1 Å². The topological polar surface area (TPSA) is 21.1 Å². The van der Waals surface area contributed by atoms with Crippen LogP contribution in [0.2, 0.25) is 0 Å². The molecule has 0 amide bonds. The lowest BCUT2D eigenvalue weighted by Crippen LogP contribution is -2.24. The van der Waals surface area contributed by atoms with Crippen molar-refractivity contribution in [1.82, 2.24) is 9.78 Å². The Morgan fingerprint density at radius 1 is 1.21 bits per heavy atom. The highest BCUT2D eigenvalue weighted by atomic mass is 19.3. The highest BCUT2D eigenvalue weighted by molar-refractivity contribution is 5.44. The third-order valence-corrected chi connectivity index (χ3v) is 4.59. The van der Waals surface area contributed by atoms with E-state index in [1.165, 1.54) is 11.1 Å². The lowest BCUT2D eigenvalue weighted by atomic mass is 9.83. The van der Waals surface area contributed by atoms with Crippen molar-refractivity contribution in [1.29, 1.82) is 0 Å². The summed E-state index contributed by atoms with van der Waals surface area (Å²) in [7, 11) is 0. The summed E-state index contributed by atoms with van der Waals surface area (Å²) < 4.78 is 28.5. The maximum Gasteiger partial charge on any atom is 0.266 e. The first-order valence-corrected chi connectivity index (χ1v) is 8.48. The molecule has 1 saturated heterocycles. The smallest absolute Gasteiger partial charge is 0.266 e. The normalized spacial score (nSPS) is 17.5. The van der Waals surface area contributed by atoms with Gasteiger partial charge in [0.1, 0.15) is 0 Å². The predicted octanol–water partition coefficient (Wildman–Crippen LogP) is 4.27. The van der Waals surface area contributed by atoms with E-state index in [1.807, 2.05) is 10.9 Å². The molecule has 1 aromatic heterocycles. The van der Waals surface area contributed by atoms with E-state index in [-0.39, 0.29) is 18.4 Å². The SMILES string of the molecule is CC(C)(C)c1ccccc1CCn1cc(N2CCC(F)(F)C2)cn1. The number of anilines is 1. The molecule has 2 heterocycles. The van der Waals surface area contributed by atoms with Gasteiger partial charge in [-0.1, -0.05) is 45.0 Å². The molecular formula is C19H25F2N3. The molecule has 1 aliphatic rings. The van der Waals surface area contributed by atoms with Gasteiger partial charge in [0, 0.05) is 25.7 Å². The van der Waals surface area contributed by atoms with E-state index >= 15 is 0 Å². The van der Waals surface area contributed by atoms with Crippen molar-refractivity contribution in [2.24, 2.45) is 0 Å². The average Bonchev–Trinajstić information content (AvgIpc) is 3.10. The Morgan fingerprint density at radius 3 is 2.62 bits per heavy atom. The fraction of sp³-hybridized carbons (Fsp3) is 0.526. The Balaban J connectivity index is 1.67. The van der Waals surface area contributed by atoms with Crippen molar-refractivity contribution in [2.75, 3.05) is 18.0 Å². The van der Waals surface area contributed by atoms with E-state index in [4.69, 9.17) is 0 Å². The minimum atomic E-state index is -2.58. The van der Waals surface area contributed by atoms with Crippen molar-refractivity contribution in [3.8, 4) is 0 Å². The van der Waals surface area contributed by atoms with Gasteiger partial charge in [-0.2, -0.15) is 5.10 Å². The van der Waals surface area contributed by atoms with Gasteiger partial charge >= 0.3 is 0 Å². The van der Waals surface area contributed by atoms with E-state index in [9.17, 15) is 8.78 Å². The minimum Gasteiger partial charge on any atom is -0.363 e. The maximum absolute atomic E-state index is 13.3. The molecule has 0 bridgehead atoms. The van der Waals surface area contributed by atoms with E-state index in [0.717, 1.165) is 18.7 Å². The summed E-state index contributed by atoms with van der Waals surface area (Å²) in [4.78, 5) is 1.71. The Morgan fingerprint density at radius 2 is 1.96 bits per heavy atom. The van der Waals surface area contributed by atoms with E-state index in [2.05, 4.69) is 50.1 Å². The first kappa shape index (κ1) is 16.9. The molecule has 0 spiro atoms. The fourth-order valence-corrected chi connectivity index (χ4v) is 3.30. The number of hydrogen-bond acceptors (Lipinski definition) is 2. The van der Waals surface area contributed by atoms with Crippen molar-refractivity contribution in [2.45, 2.75) is 51.5 Å². The zero-order valence-corrected chi connectivity index (χ0v) is 14.6. The summed E-state index contributed by atoms with van der Waals surface area (Å²) in [5.41, 5.74) is 3.55. The molecule has 0 N–H and O–H groups in total. The molecule has 1 fully saturated rings. The van der Waals surface area contributed by atoms with Crippen LogP contribution in [0.4, 0.5) is 14.5 Å². The van der Waals surface area contributed by atoms with Gasteiger partial charge < -0.3 is 4.90 Å². The summed E-state index contributed by atoms with van der Waals surface area (Å²) in [5.74, 6) is -2.58. The van der Waals surface area contributed by atoms with Gasteiger partial charge in [0.25, 0.3) is 5.92 Å². The van der Waals surface area contributed by atoms with Crippen molar-refractivity contribution in [3.05, 3.63) is 47.8 Å². The van der Waals surface area contributed by atoms with Crippen LogP contribution in [0.25, 0.3) is 0 Å². The predicted molar refractivity (Wildman–Crippen MR) is 92.9 cm³/mol. The molecule has 0 radical (unpaired) electrons. The van der Waals surface area contributed by atoms with Crippen molar-refractivity contribution in [3.63, 3.8) is 0 Å². The second-order valence-corrected chi connectivity index (χ2v) is 7.65. The molecule has 2 aromatic rings.